The summed E-state index contributed by atoms with van der Waals surface area (Å²) in [6, 6.07) is 3.59. The quantitative estimate of drug-likeness (QED) is 0.804. The first-order valence-corrected chi connectivity index (χ1v) is 6.72. The van der Waals surface area contributed by atoms with Gasteiger partial charge in [-0.3, -0.25) is 4.79 Å². The van der Waals surface area contributed by atoms with E-state index in [9.17, 15) is 4.79 Å². The third-order valence-corrected chi connectivity index (χ3v) is 2.94. The number of rotatable bonds is 7. The zero-order valence-electron chi connectivity index (χ0n) is 12.3. The lowest BCUT2D eigenvalue weighted by Crippen LogP contribution is -2.31. The van der Waals surface area contributed by atoms with Crippen molar-refractivity contribution in [1.29, 1.82) is 0 Å². The molecule has 5 heteroatoms. The Balaban J connectivity index is 2.67. The summed E-state index contributed by atoms with van der Waals surface area (Å²) in [5, 5.41) is 2.91. The van der Waals surface area contributed by atoms with Gasteiger partial charge >= 0.3 is 0 Å². The van der Waals surface area contributed by atoms with Crippen LogP contribution in [0.1, 0.15) is 24.2 Å². The van der Waals surface area contributed by atoms with Crippen LogP contribution in [0.4, 0.5) is 5.82 Å². The van der Waals surface area contributed by atoms with Gasteiger partial charge in [-0.05, 0) is 40.1 Å². The molecule has 5 nitrogen and oxygen atoms in total. The Bertz CT molecular complexity index is 402. The molecule has 1 N–H and O–H groups in total. The number of hydrogen-bond acceptors (Lipinski definition) is 4. The molecule has 1 heterocycles. The largest absolute Gasteiger partial charge is 0.357 e. The van der Waals surface area contributed by atoms with Gasteiger partial charge in [0.25, 0.3) is 5.91 Å². The predicted molar refractivity (Wildman–Crippen MR) is 78.7 cm³/mol. The molecule has 0 unspecified atom stereocenters. The number of anilines is 1. The first-order valence-electron chi connectivity index (χ1n) is 6.72. The number of nitrogens with zero attached hydrogens (tertiary/aromatic N) is 3. The van der Waals surface area contributed by atoms with Crippen LogP contribution in [0.2, 0.25) is 0 Å². The summed E-state index contributed by atoms with van der Waals surface area (Å²) in [7, 11) is 3.97. The molecular weight excluding hydrogens is 240 g/mol. The van der Waals surface area contributed by atoms with Crippen molar-refractivity contribution in [3.8, 4) is 0 Å². The number of aromatic nitrogens is 1. The Hall–Kier alpha value is -1.62. The summed E-state index contributed by atoms with van der Waals surface area (Å²) in [6.07, 6.45) is 1.69. The van der Waals surface area contributed by atoms with E-state index < -0.39 is 0 Å². The van der Waals surface area contributed by atoms with Gasteiger partial charge in [-0.15, -0.1) is 0 Å². The van der Waals surface area contributed by atoms with Crippen LogP contribution in [0, 0.1) is 0 Å². The lowest BCUT2D eigenvalue weighted by molar-refractivity contribution is 0.0951. The van der Waals surface area contributed by atoms with E-state index in [0.717, 1.165) is 25.5 Å². The zero-order valence-corrected chi connectivity index (χ0v) is 12.3. The Labute approximate surface area is 115 Å². The van der Waals surface area contributed by atoms with Gasteiger partial charge in [-0.25, -0.2) is 4.98 Å². The minimum absolute atomic E-state index is 0.0438. The van der Waals surface area contributed by atoms with Crippen LogP contribution in [0.15, 0.2) is 18.3 Å². The summed E-state index contributed by atoms with van der Waals surface area (Å²) in [6.45, 7) is 7.41. The first-order chi connectivity index (χ1) is 9.08. The molecule has 0 saturated carbocycles. The van der Waals surface area contributed by atoms with Crippen LogP contribution in [-0.2, 0) is 0 Å². The summed E-state index contributed by atoms with van der Waals surface area (Å²) in [4.78, 5) is 20.5. The minimum atomic E-state index is -0.0438. The van der Waals surface area contributed by atoms with Gasteiger partial charge in [0.2, 0.25) is 0 Å². The number of carbonyl (C=O) groups excluding carboxylic acids is 1. The van der Waals surface area contributed by atoms with Crippen molar-refractivity contribution < 1.29 is 4.79 Å². The van der Waals surface area contributed by atoms with Crippen molar-refractivity contribution in [3.05, 3.63) is 23.9 Å². The maximum atomic E-state index is 12.0. The molecule has 19 heavy (non-hydrogen) atoms. The Morgan fingerprint density at radius 2 is 2.00 bits per heavy atom. The summed E-state index contributed by atoms with van der Waals surface area (Å²) in [5.74, 6) is 0.808. The first kappa shape index (κ1) is 15.4. The van der Waals surface area contributed by atoms with Crippen molar-refractivity contribution in [1.82, 2.24) is 15.2 Å². The average Bonchev–Trinajstić information content (AvgIpc) is 2.40. The third kappa shape index (κ3) is 4.87. The van der Waals surface area contributed by atoms with Crippen LogP contribution in [0.3, 0.4) is 0 Å². The molecule has 1 aromatic rings. The standard InChI is InChI=1S/C14H24N4O/c1-5-18(6-2)13-11-12(7-8-15-13)14(19)16-9-10-17(3)4/h7-8,11H,5-6,9-10H2,1-4H3,(H,16,19). The van der Waals surface area contributed by atoms with E-state index >= 15 is 0 Å². The van der Waals surface area contributed by atoms with Gasteiger partial charge in [-0.1, -0.05) is 0 Å². The van der Waals surface area contributed by atoms with Gasteiger partial charge in [0.1, 0.15) is 5.82 Å². The maximum Gasteiger partial charge on any atom is 0.251 e. The minimum Gasteiger partial charge on any atom is -0.357 e. The zero-order chi connectivity index (χ0) is 14.3. The number of likely N-dealkylation sites (N-methyl/N-ethyl adjacent to an activating group) is 1. The lowest BCUT2D eigenvalue weighted by Gasteiger charge is -2.20. The molecule has 0 aromatic carbocycles. The smallest absolute Gasteiger partial charge is 0.251 e. The molecule has 106 valence electrons. The topological polar surface area (TPSA) is 48.5 Å². The summed E-state index contributed by atoms with van der Waals surface area (Å²) >= 11 is 0. The highest BCUT2D eigenvalue weighted by Gasteiger charge is 2.09. The highest BCUT2D eigenvalue weighted by molar-refractivity contribution is 5.94. The van der Waals surface area contributed by atoms with Crippen molar-refractivity contribution >= 4 is 11.7 Å². The second kappa shape index (κ2) is 7.74. The van der Waals surface area contributed by atoms with E-state index in [0.29, 0.717) is 12.1 Å². The molecule has 0 radical (unpaired) electrons. The molecule has 0 aliphatic carbocycles. The lowest BCUT2D eigenvalue weighted by atomic mass is 10.2. The fraction of sp³-hybridized carbons (Fsp3) is 0.571. The van der Waals surface area contributed by atoms with E-state index in [-0.39, 0.29) is 5.91 Å². The van der Waals surface area contributed by atoms with Crippen molar-refractivity contribution in [3.63, 3.8) is 0 Å². The van der Waals surface area contributed by atoms with Gasteiger partial charge in [0.15, 0.2) is 0 Å². The molecule has 1 amide bonds. The number of amides is 1. The highest BCUT2D eigenvalue weighted by Crippen LogP contribution is 2.12. The number of hydrogen-bond donors (Lipinski definition) is 1. The van der Waals surface area contributed by atoms with Crippen LogP contribution in [0.5, 0.6) is 0 Å². The second-order valence-corrected chi connectivity index (χ2v) is 4.63. The van der Waals surface area contributed by atoms with E-state index in [1.54, 1.807) is 12.3 Å². The van der Waals surface area contributed by atoms with Gasteiger partial charge in [-0.2, -0.15) is 0 Å². The summed E-state index contributed by atoms with van der Waals surface area (Å²) < 4.78 is 0. The SMILES string of the molecule is CCN(CC)c1cc(C(=O)NCCN(C)C)ccn1. The molecule has 0 fully saturated rings. The molecule has 0 atom stereocenters. The van der Waals surface area contributed by atoms with Gasteiger partial charge in [0, 0.05) is 37.9 Å². The molecule has 0 aliphatic heterocycles. The molecule has 0 saturated heterocycles. The van der Waals surface area contributed by atoms with E-state index in [1.165, 1.54) is 0 Å². The molecule has 0 aliphatic rings. The monoisotopic (exact) mass is 264 g/mol. The average molecular weight is 264 g/mol. The van der Waals surface area contributed by atoms with Crippen LogP contribution in [0.25, 0.3) is 0 Å². The fourth-order valence-electron chi connectivity index (χ4n) is 1.78. The van der Waals surface area contributed by atoms with Crippen LogP contribution in [-0.4, -0.2) is 56.1 Å². The molecule has 0 spiro atoms. The fourth-order valence-corrected chi connectivity index (χ4v) is 1.78. The van der Waals surface area contributed by atoms with E-state index in [2.05, 4.69) is 29.0 Å². The Kier molecular flexibility index (Phi) is 6.29. The number of nitrogens with one attached hydrogen (secondary N) is 1. The molecular formula is C14H24N4O. The van der Waals surface area contributed by atoms with Crippen molar-refractivity contribution in [2.24, 2.45) is 0 Å². The van der Waals surface area contributed by atoms with Gasteiger partial charge in [0.05, 0.1) is 0 Å². The van der Waals surface area contributed by atoms with Crippen molar-refractivity contribution in [2.75, 3.05) is 45.2 Å². The van der Waals surface area contributed by atoms with Crippen LogP contribution < -0.4 is 10.2 Å². The predicted octanol–water partition coefficient (Wildman–Crippen LogP) is 1.22. The summed E-state index contributed by atoms with van der Waals surface area (Å²) in [5.41, 5.74) is 0.663. The van der Waals surface area contributed by atoms with E-state index in [1.807, 2.05) is 25.1 Å². The molecule has 1 rings (SSSR count). The van der Waals surface area contributed by atoms with Crippen LogP contribution >= 0.6 is 0 Å². The number of carbonyl (C=O) groups is 1. The van der Waals surface area contributed by atoms with Crippen molar-refractivity contribution in [2.45, 2.75) is 13.8 Å². The highest BCUT2D eigenvalue weighted by atomic mass is 16.1. The van der Waals surface area contributed by atoms with E-state index in [4.69, 9.17) is 0 Å². The molecule has 0 bridgehead atoms. The van der Waals surface area contributed by atoms with Gasteiger partial charge < -0.3 is 15.1 Å². The Morgan fingerprint density at radius 3 is 2.58 bits per heavy atom. The second-order valence-electron chi connectivity index (χ2n) is 4.63. The molecule has 1 aromatic heterocycles. The Morgan fingerprint density at radius 1 is 1.32 bits per heavy atom. The maximum absolute atomic E-state index is 12.0. The third-order valence-electron chi connectivity index (χ3n) is 2.94. The normalized spacial score (nSPS) is 10.6. The number of pyridine rings is 1.